The second-order valence-electron chi connectivity index (χ2n) is 10.9. The van der Waals surface area contributed by atoms with E-state index in [4.69, 9.17) is 37.4 Å². The first kappa shape index (κ1) is 41.6. The number of hydrogen-bond acceptors (Lipinski definition) is 8. The molecule has 0 saturated heterocycles. The summed E-state index contributed by atoms with van der Waals surface area (Å²) in [7, 11) is -4.36. The van der Waals surface area contributed by atoms with Crippen molar-refractivity contribution < 1.29 is 45.8 Å². The Labute approximate surface area is 305 Å². The van der Waals surface area contributed by atoms with E-state index < -0.39 is 64.5 Å². The van der Waals surface area contributed by atoms with Crippen molar-refractivity contribution >= 4 is 51.1 Å². The third kappa shape index (κ3) is 13.0. The predicted octanol–water partition coefficient (Wildman–Crippen LogP) is 4.82. The van der Waals surface area contributed by atoms with Crippen molar-refractivity contribution in [1.29, 1.82) is 0 Å². The van der Waals surface area contributed by atoms with Crippen molar-refractivity contribution in [2.75, 3.05) is 32.8 Å². The molecule has 0 radical (unpaired) electrons. The first-order chi connectivity index (χ1) is 24.3. The molecule has 3 N–H and O–H groups in total. The zero-order valence-electron chi connectivity index (χ0n) is 28.2. The summed E-state index contributed by atoms with van der Waals surface area (Å²) in [5.74, 6) is -3.91. The van der Waals surface area contributed by atoms with E-state index in [0.29, 0.717) is 5.56 Å². The van der Waals surface area contributed by atoms with Crippen LogP contribution in [0.5, 0.6) is 0 Å². The van der Waals surface area contributed by atoms with E-state index in [-0.39, 0.29) is 59.8 Å². The fraction of sp³-hybridized carbons (Fsp3) is 0.382. The number of hydrogen-bond donors (Lipinski definition) is 3. The van der Waals surface area contributed by atoms with Gasteiger partial charge in [0.25, 0.3) is 0 Å². The number of halogens is 4. The molecule has 0 aliphatic carbocycles. The standard InChI is InChI=1S/C34H40Cl2F2N4O8S/c1-4-42(20-31(48-5-2)49-6-3)33(44)28(17-23-12-14-26(37)27(38)16-23)40-32(43)29(41-34(45)50-21-22-10-8-7-9-11-22)19-39-51(46,47)30-15-13-24(35)18-25(30)36/h7-16,18,28-29,31,39H,4-6,17,19-21H2,1-3H3,(H,40,43)(H,41,45). The molecule has 0 spiro atoms. The average molecular weight is 774 g/mol. The van der Waals surface area contributed by atoms with E-state index >= 15 is 0 Å². The van der Waals surface area contributed by atoms with Crippen molar-refractivity contribution in [3.8, 4) is 0 Å². The number of rotatable bonds is 19. The third-order valence-corrected chi connectivity index (χ3v) is 9.43. The fourth-order valence-electron chi connectivity index (χ4n) is 4.76. The maximum atomic E-state index is 14.2. The lowest BCUT2D eigenvalue weighted by atomic mass is 10.0. The number of alkyl carbamates (subject to hydrolysis) is 1. The summed E-state index contributed by atoms with van der Waals surface area (Å²) >= 11 is 12.0. The number of ether oxygens (including phenoxy) is 3. The number of nitrogens with zero attached hydrogens (tertiary/aromatic N) is 1. The number of carbonyl (C=O) groups is 3. The highest BCUT2D eigenvalue weighted by Gasteiger charge is 2.32. The van der Waals surface area contributed by atoms with Crippen molar-refractivity contribution in [3.63, 3.8) is 0 Å². The highest BCUT2D eigenvalue weighted by molar-refractivity contribution is 7.89. The Balaban J connectivity index is 1.92. The lowest BCUT2D eigenvalue weighted by molar-refractivity contribution is -0.160. The van der Waals surface area contributed by atoms with Crippen LogP contribution in [0.3, 0.4) is 0 Å². The smallest absolute Gasteiger partial charge is 0.408 e. The predicted molar refractivity (Wildman–Crippen MR) is 186 cm³/mol. The molecule has 17 heteroatoms. The monoisotopic (exact) mass is 772 g/mol. The lowest BCUT2D eigenvalue weighted by Gasteiger charge is -2.31. The SMILES string of the molecule is CCOC(CN(CC)C(=O)C(Cc1ccc(F)c(F)c1)NC(=O)C(CNS(=O)(=O)c1ccc(Cl)cc1Cl)NC(=O)OCc1ccccc1)OCC. The van der Waals surface area contributed by atoms with Gasteiger partial charge in [-0.25, -0.2) is 26.7 Å². The molecule has 3 aromatic carbocycles. The van der Waals surface area contributed by atoms with Crippen LogP contribution in [0.1, 0.15) is 31.9 Å². The highest BCUT2D eigenvalue weighted by Crippen LogP contribution is 2.24. The molecule has 2 atom stereocenters. The zero-order valence-corrected chi connectivity index (χ0v) is 30.5. The average Bonchev–Trinajstić information content (AvgIpc) is 3.09. The second-order valence-corrected chi connectivity index (χ2v) is 13.5. The van der Waals surface area contributed by atoms with Crippen molar-refractivity contribution in [2.24, 2.45) is 0 Å². The summed E-state index contributed by atoms with van der Waals surface area (Å²) in [6.45, 7) is 5.00. The minimum Gasteiger partial charge on any atom is -0.445 e. The van der Waals surface area contributed by atoms with Crippen LogP contribution < -0.4 is 15.4 Å². The van der Waals surface area contributed by atoms with Gasteiger partial charge in [0.1, 0.15) is 23.6 Å². The van der Waals surface area contributed by atoms with Gasteiger partial charge in [0, 0.05) is 37.7 Å². The van der Waals surface area contributed by atoms with E-state index in [1.807, 2.05) is 0 Å². The molecular formula is C34H40Cl2F2N4O8S. The summed E-state index contributed by atoms with van der Waals surface area (Å²) in [5, 5.41) is 4.88. The molecule has 3 rings (SSSR count). The molecule has 3 aromatic rings. The molecule has 12 nitrogen and oxygen atoms in total. The van der Waals surface area contributed by atoms with E-state index in [1.165, 1.54) is 23.1 Å². The molecule has 0 heterocycles. The van der Waals surface area contributed by atoms with Gasteiger partial charge in [0.15, 0.2) is 17.9 Å². The van der Waals surface area contributed by atoms with Crippen LogP contribution in [-0.4, -0.2) is 82.4 Å². The molecule has 0 fully saturated rings. The third-order valence-electron chi connectivity index (χ3n) is 7.29. The Bertz CT molecular complexity index is 1730. The number of benzene rings is 3. The van der Waals surface area contributed by atoms with Crippen LogP contribution in [-0.2, 0) is 46.9 Å². The van der Waals surface area contributed by atoms with Gasteiger partial charge in [0.2, 0.25) is 21.8 Å². The van der Waals surface area contributed by atoms with Gasteiger partial charge in [-0.2, -0.15) is 0 Å². The van der Waals surface area contributed by atoms with Gasteiger partial charge in [-0.1, -0.05) is 59.6 Å². The summed E-state index contributed by atoms with van der Waals surface area (Å²) < 4.78 is 73.0. The summed E-state index contributed by atoms with van der Waals surface area (Å²) in [6.07, 6.45) is -2.17. The normalized spacial score (nSPS) is 12.6. The Morgan fingerprint density at radius 1 is 0.843 bits per heavy atom. The number of nitrogens with one attached hydrogen (secondary N) is 3. The van der Waals surface area contributed by atoms with Crippen LogP contribution in [0.25, 0.3) is 0 Å². The minimum absolute atomic E-state index is 0.0314. The van der Waals surface area contributed by atoms with Crippen LogP contribution in [0.15, 0.2) is 71.6 Å². The summed E-state index contributed by atoms with van der Waals surface area (Å²) in [4.78, 5) is 41.7. The number of amides is 3. The van der Waals surface area contributed by atoms with Crippen molar-refractivity contribution in [2.45, 2.75) is 57.1 Å². The van der Waals surface area contributed by atoms with Crippen LogP contribution in [0, 0.1) is 11.6 Å². The van der Waals surface area contributed by atoms with E-state index in [2.05, 4.69) is 15.4 Å². The van der Waals surface area contributed by atoms with E-state index in [0.717, 1.165) is 18.2 Å². The minimum atomic E-state index is -4.36. The van der Waals surface area contributed by atoms with E-state index in [1.54, 1.807) is 51.1 Å². The first-order valence-electron chi connectivity index (χ1n) is 16.0. The van der Waals surface area contributed by atoms with Gasteiger partial charge in [-0.15, -0.1) is 0 Å². The fourth-order valence-corrected chi connectivity index (χ4v) is 6.57. The Morgan fingerprint density at radius 3 is 2.14 bits per heavy atom. The van der Waals surface area contributed by atoms with E-state index in [9.17, 15) is 31.6 Å². The van der Waals surface area contributed by atoms with Gasteiger partial charge >= 0.3 is 6.09 Å². The molecular weight excluding hydrogens is 733 g/mol. The Kier molecular flexibility index (Phi) is 16.5. The summed E-state index contributed by atoms with van der Waals surface area (Å²) in [6, 6.07) is 12.3. The molecule has 0 aliphatic rings. The molecule has 3 amide bonds. The van der Waals surface area contributed by atoms with Gasteiger partial charge in [-0.05, 0) is 62.2 Å². The van der Waals surface area contributed by atoms with Crippen LogP contribution in [0.2, 0.25) is 10.0 Å². The Morgan fingerprint density at radius 2 is 1.53 bits per heavy atom. The molecule has 51 heavy (non-hydrogen) atoms. The molecule has 278 valence electrons. The number of sulfonamides is 1. The molecule has 0 aromatic heterocycles. The second kappa shape index (κ2) is 20.2. The molecule has 0 aliphatic heterocycles. The Hall–Kier alpha value is -3.86. The zero-order chi connectivity index (χ0) is 37.6. The number of likely N-dealkylation sites (N-methyl/N-ethyl adjacent to an activating group) is 1. The number of carbonyl (C=O) groups excluding carboxylic acids is 3. The summed E-state index contributed by atoms with van der Waals surface area (Å²) in [5.41, 5.74) is 0.806. The van der Waals surface area contributed by atoms with Gasteiger partial charge in [-0.3, -0.25) is 9.59 Å². The quantitative estimate of drug-likeness (QED) is 0.147. The highest BCUT2D eigenvalue weighted by atomic mass is 35.5. The van der Waals surface area contributed by atoms with Gasteiger partial charge < -0.3 is 29.7 Å². The lowest BCUT2D eigenvalue weighted by Crippen LogP contribution is -2.58. The van der Waals surface area contributed by atoms with Crippen molar-refractivity contribution in [3.05, 3.63) is 99.5 Å². The largest absolute Gasteiger partial charge is 0.445 e. The van der Waals surface area contributed by atoms with Crippen LogP contribution in [0.4, 0.5) is 13.6 Å². The molecule has 2 unspecified atom stereocenters. The maximum absolute atomic E-state index is 14.2. The first-order valence-corrected chi connectivity index (χ1v) is 18.2. The van der Waals surface area contributed by atoms with Crippen molar-refractivity contribution in [1.82, 2.24) is 20.3 Å². The maximum Gasteiger partial charge on any atom is 0.408 e. The molecule has 0 saturated carbocycles. The van der Waals surface area contributed by atoms with Crippen LogP contribution >= 0.6 is 23.2 Å². The topological polar surface area (TPSA) is 152 Å². The van der Waals surface area contributed by atoms with Gasteiger partial charge in [0.05, 0.1) is 11.6 Å². The molecule has 0 bridgehead atoms.